The van der Waals surface area contributed by atoms with Crippen LogP contribution in [0.15, 0.2) is 87.7 Å². The topological polar surface area (TPSA) is 59.9 Å². The number of nitrogens with one attached hydrogen (secondary N) is 1. The Labute approximate surface area is 174 Å². The number of ether oxygens (including phenoxy) is 2. The van der Waals surface area contributed by atoms with Gasteiger partial charge >= 0.3 is 0 Å². The molecule has 0 heterocycles. The van der Waals surface area contributed by atoms with Crippen molar-refractivity contribution in [1.29, 1.82) is 0 Å². The quantitative estimate of drug-likeness (QED) is 0.436. The summed E-state index contributed by atoms with van der Waals surface area (Å²) < 4.78 is 10.6. The molecule has 3 aromatic rings. The molecule has 0 aromatic heterocycles. The van der Waals surface area contributed by atoms with E-state index >= 15 is 0 Å². The van der Waals surface area contributed by atoms with Crippen molar-refractivity contribution in [3.8, 4) is 11.5 Å². The van der Waals surface area contributed by atoms with Gasteiger partial charge in [0.1, 0.15) is 0 Å². The van der Waals surface area contributed by atoms with Crippen LogP contribution >= 0.6 is 11.8 Å². The summed E-state index contributed by atoms with van der Waals surface area (Å²) in [5, 5.41) is 3.98. The zero-order valence-corrected chi connectivity index (χ0v) is 17.1. The summed E-state index contributed by atoms with van der Waals surface area (Å²) in [7, 11) is 1.55. The summed E-state index contributed by atoms with van der Waals surface area (Å²) >= 11 is 1.70. The number of carbonyl (C=O) groups is 1. The van der Waals surface area contributed by atoms with Gasteiger partial charge in [-0.2, -0.15) is 5.10 Å². The number of hydrazone groups is 1. The molecule has 0 fully saturated rings. The second-order valence-electron chi connectivity index (χ2n) is 6.22. The van der Waals surface area contributed by atoms with Gasteiger partial charge in [-0.15, -0.1) is 0 Å². The van der Waals surface area contributed by atoms with Gasteiger partial charge < -0.3 is 9.47 Å². The first-order valence-corrected chi connectivity index (χ1v) is 9.88. The highest BCUT2D eigenvalue weighted by Crippen LogP contribution is 2.28. The molecule has 0 aliphatic carbocycles. The van der Waals surface area contributed by atoms with Crippen molar-refractivity contribution in [2.75, 3.05) is 13.7 Å². The molecule has 1 amide bonds. The van der Waals surface area contributed by atoms with E-state index in [0.717, 1.165) is 10.5 Å². The summed E-state index contributed by atoms with van der Waals surface area (Å²) in [6.07, 6.45) is 1.60. The van der Waals surface area contributed by atoms with Crippen molar-refractivity contribution in [1.82, 2.24) is 5.43 Å². The summed E-state index contributed by atoms with van der Waals surface area (Å²) in [5.74, 6) is 0.738. The predicted octanol–water partition coefficient (Wildman–Crippen LogP) is 4.68. The van der Waals surface area contributed by atoms with Crippen LogP contribution in [0, 0.1) is 6.92 Å². The fraction of sp³-hybridized carbons (Fsp3) is 0.130. The molecule has 0 aliphatic heterocycles. The lowest BCUT2D eigenvalue weighted by molar-refractivity contribution is -0.123. The zero-order valence-electron chi connectivity index (χ0n) is 16.3. The van der Waals surface area contributed by atoms with Crippen molar-refractivity contribution in [2.45, 2.75) is 16.7 Å². The van der Waals surface area contributed by atoms with Crippen molar-refractivity contribution in [3.05, 3.63) is 83.9 Å². The largest absolute Gasteiger partial charge is 0.493 e. The molecule has 0 bridgehead atoms. The number of benzene rings is 3. The van der Waals surface area contributed by atoms with E-state index in [1.54, 1.807) is 37.2 Å². The van der Waals surface area contributed by atoms with E-state index in [2.05, 4.69) is 41.7 Å². The molecule has 3 aromatic carbocycles. The van der Waals surface area contributed by atoms with Gasteiger partial charge in [0.15, 0.2) is 18.1 Å². The molecule has 0 spiro atoms. The number of para-hydroxylation sites is 2. The maximum Gasteiger partial charge on any atom is 0.277 e. The van der Waals surface area contributed by atoms with E-state index < -0.39 is 0 Å². The number of carbonyl (C=O) groups excluding carboxylic acids is 1. The molecule has 6 heteroatoms. The molecule has 0 saturated carbocycles. The Morgan fingerprint density at radius 3 is 2.24 bits per heavy atom. The molecular formula is C23H22N2O3S. The predicted molar refractivity (Wildman–Crippen MR) is 116 cm³/mol. The van der Waals surface area contributed by atoms with E-state index in [1.165, 1.54) is 10.5 Å². The number of methoxy groups -OCH3 is 1. The molecule has 0 unspecified atom stereocenters. The van der Waals surface area contributed by atoms with Crippen LogP contribution in [0.3, 0.4) is 0 Å². The Kier molecular flexibility index (Phi) is 7.30. The van der Waals surface area contributed by atoms with Crippen LogP contribution in [-0.4, -0.2) is 25.8 Å². The lowest BCUT2D eigenvalue weighted by Crippen LogP contribution is -2.24. The standard InChI is InChI=1S/C23H22N2O3S/c1-17-7-11-19(12-8-17)29-20-13-9-18(10-14-20)15-24-25-23(26)16-28-22-6-4-3-5-21(22)27-2/h3-15H,16H2,1-2H3,(H,25,26)/b24-15+. The number of hydrogen-bond donors (Lipinski definition) is 1. The molecule has 5 nitrogen and oxygen atoms in total. The van der Waals surface area contributed by atoms with Crippen LogP contribution in [0.25, 0.3) is 0 Å². The smallest absolute Gasteiger partial charge is 0.277 e. The van der Waals surface area contributed by atoms with Crippen LogP contribution in [0.2, 0.25) is 0 Å². The average Bonchev–Trinajstić information content (AvgIpc) is 2.75. The van der Waals surface area contributed by atoms with Crippen LogP contribution in [-0.2, 0) is 4.79 Å². The fourth-order valence-electron chi connectivity index (χ4n) is 2.46. The van der Waals surface area contributed by atoms with E-state index in [-0.39, 0.29) is 12.5 Å². The van der Waals surface area contributed by atoms with Gasteiger partial charge in [0.25, 0.3) is 5.91 Å². The fourth-order valence-corrected chi connectivity index (χ4v) is 3.27. The molecule has 0 saturated heterocycles. The van der Waals surface area contributed by atoms with Crippen molar-refractivity contribution in [2.24, 2.45) is 5.10 Å². The Balaban J connectivity index is 1.47. The van der Waals surface area contributed by atoms with Gasteiger partial charge in [0.05, 0.1) is 13.3 Å². The lowest BCUT2D eigenvalue weighted by Gasteiger charge is -2.09. The maximum absolute atomic E-state index is 11.9. The number of aryl methyl sites for hydroxylation is 1. The first-order chi connectivity index (χ1) is 14.1. The number of hydrogen-bond acceptors (Lipinski definition) is 5. The van der Waals surface area contributed by atoms with Crippen LogP contribution in [0.4, 0.5) is 0 Å². The first-order valence-electron chi connectivity index (χ1n) is 9.06. The minimum absolute atomic E-state index is 0.149. The summed E-state index contributed by atoms with van der Waals surface area (Å²) in [6, 6.07) is 23.5. The van der Waals surface area contributed by atoms with Crippen LogP contribution < -0.4 is 14.9 Å². The third kappa shape index (κ3) is 6.40. The zero-order chi connectivity index (χ0) is 20.5. The molecule has 3 rings (SSSR count). The highest BCUT2D eigenvalue weighted by molar-refractivity contribution is 7.99. The second kappa shape index (κ2) is 10.3. The highest BCUT2D eigenvalue weighted by atomic mass is 32.2. The SMILES string of the molecule is COc1ccccc1OCC(=O)N/N=C/c1ccc(Sc2ccc(C)cc2)cc1. The highest BCUT2D eigenvalue weighted by Gasteiger charge is 2.06. The lowest BCUT2D eigenvalue weighted by atomic mass is 10.2. The van der Waals surface area contributed by atoms with E-state index in [0.29, 0.717) is 11.5 Å². The number of rotatable bonds is 8. The maximum atomic E-state index is 11.9. The summed E-state index contributed by atoms with van der Waals surface area (Å²) in [6.45, 7) is 1.93. The molecule has 0 radical (unpaired) electrons. The van der Waals surface area contributed by atoms with Gasteiger partial charge in [-0.05, 0) is 48.9 Å². The molecule has 29 heavy (non-hydrogen) atoms. The second-order valence-corrected chi connectivity index (χ2v) is 7.36. The monoisotopic (exact) mass is 406 g/mol. The Hall–Kier alpha value is -3.25. The number of amides is 1. The Morgan fingerprint density at radius 1 is 0.966 bits per heavy atom. The van der Waals surface area contributed by atoms with Crippen molar-refractivity contribution >= 4 is 23.9 Å². The van der Waals surface area contributed by atoms with Crippen LogP contribution in [0.1, 0.15) is 11.1 Å². The Morgan fingerprint density at radius 2 is 1.59 bits per heavy atom. The van der Waals surface area contributed by atoms with Gasteiger partial charge in [-0.1, -0.05) is 53.7 Å². The van der Waals surface area contributed by atoms with Crippen molar-refractivity contribution < 1.29 is 14.3 Å². The Bertz CT molecular complexity index is 970. The van der Waals surface area contributed by atoms with E-state index in [1.807, 2.05) is 36.4 Å². The first kappa shape index (κ1) is 20.5. The minimum atomic E-state index is -0.348. The molecule has 148 valence electrons. The average molecular weight is 407 g/mol. The third-order valence-electron chi connectivity index (χ3n) is 3.97. The summed E-state index contributed by atoms with van der Waals surface area (Å²) in [4.78, 5) is 14.2. The molecule has 1 N–H and O–H groups in total. The molecule has 0 atom stereocenters. The van der Waals surface area contributed by atoms with Gasteiger partial charge in [0.2, 0.25) is 0 Å². The van der Waals surface area contributed by atoms with E-state index in [4.69, 9.17) is 9.47 Å². The van der Waals surface area contributed by atoms with Crippen LogP contribution in [0.5, 0.6) is 11.5 Å². The number of nitrogens with zero attached hydrogens (tertiary/aromatic N) is 1. The minimum Gasteiger partial charge on any atom is -0.493 e. The van der Waals surface area contributed by atoms with Gasteiger partial charge in [-0.25, -0.2) is 5.43 Å². The van der Waals surface area contributed by atoms with Gasteiger partial charge in [0, 0.05) is 9.79 Å². The normalized spacial score (nSPS) is 10.7. The molecule has 0 aliphatic rings. The third-order valence-corrected chi connectivity index (χ3v) is 4.98. The van der Waals surface area contributed by atoms with Gasteiger partial charge in [-0.3, -0.25) is 4.79 Å². The summed E-state index contributed by atoms with van der Waals surface area (Å²) in [5.41, 5.74) is 4.60. The van der Waals surface area contributed by atoms with E-state index in [9.17, 15) is 4.79 Å². The molecular weight excluding hydrogens is 384 g/mol. The van der Waals surface area contributed by atoms with Crippen molar-refractivity contribution in [3.63, 3.8) is 0 Å².